The quantitative estimate of drug-likeness (QED) is 0.666. The maximum Gasteiger partial charge on any atom is 0.150 e. The topological polar surface area (TPSA) is 29.5 Å². The van der Waals surface area contributed by atoms with Gasteiger partial charge in [-0.15, -0.1) is 0 Å². The predicted octanol–water partition coefficient (Wildman–Crippen LogP) is 1.83. The zero-order valence-electron chi connectivity index (χ0n) is 9.27. The van der Waals surface area contributed by atoms with Crippen molar-refractivity contribution in [3.05, 3.63) is 29.8 Å². The molecule has 3 heteroatoms. The Morgan fingerprint density at radius 2 is 2.00 bits per heavy atom. The Kier molecular flexibility index (Phi) is 4.84. The van der Waals surface area contributed by atoms with Crippen molar-refractivity contribution in [1.82, 2.24) is 4.90 Å². The van der Waals surface area contributed by atoms with Crippen molar-refractivity contribution < 1.29 is 9.53 Å². The zero-order valence-corrected chi connectivity index (χ0v) is 9.27. The third kappa shape index (κ3) is 4.13. The highest BCUT2D eigenvalue weighted by atomic mass is 16.5. The molecule has 0 atom stereocenters. The van der Waals surface area contributed by atoms with Crippen molar-refractivity contribution >= 4 is 6.29 Å². The van der Waals surface area contributed by atoms with Crippen molar-refractivity contribution in [2.45, 2.75) is 6.92 Å². The SMILES string of the molecule is CCN(C)CCOc1ccc(C=O)cc1. The van der Waals surface area contributed by atoms with Gasteiger partial charge in [-0.05, 0) is 37.9 Å². The number of carbonyl (C=O) groups excluding carboxylic acids is 1. The first-order valence-electron chi connectivity index (χ1n) is 5.13. The highest BCUT2D eigenvalue weighted by molar-refractivity contribution is 5.74. The molecule has 0 saturated carbocycles. The number of carbonyl (C=O) groups is 1. The highest BCUT2D eigenvalue weighted by Crippen LogP contribution is 2.10. The Hall–Kier alpha value is -1.35. The van der Waals surface area contributed by atoms with Gasteiger partial charge in [0.05, 0.1) is 0 Å². The average Bonchev–Trinajstić information content (AvgIpc) is 2.29. The summed E-state index contributed by atoms with van der Waals surface area (Å²) in [4.78, 5) is 12.6. The lowest BCUT2D eigenvalue weighted by Gasteiger charge is -2.14. The van der Waals surface area contributed by atoms with E-state index in [0.717, 1.165) is 25.1 Å². The Bertz CT molecular complexity index is 295. The van der Waals surface area contributed by atoms with Crippen LogP contribution in [-0.4, -0.2) is 37.9 Å². The fraction of sp³-hybridized carbons (Fsp3) is 0.417. The summed E-state index contributed by atoms with van der Waals surface area (Å²) in [6, 6.07) is 7.14. The van der Waals surface area contributed by atoms with Gasteiger partial charge in [-0.2, -0.15) is 0 Å². The summed E-state index contributed by atoms with van der Waals surface area (Å²) in [5.41, 5.74) is 0.674. The summed E-state index contributed by atoms with van der Waals surface area (Å²) < 4.78 is 5.52. The number of hydrogen-bond acceptors (Lipinski definition) is 3. The molecule has 0 aromatic heterocycles. The molecule has 0 aliphatic rings. The van der Waals surface area contributed by atoms with E-state index in [9.17, 15) is 4.79 Å². The number of aldehydes is 1. The summed E-state index contributed by atoms with van der Waals surface area (Å²) in [5.74, 6) is 0.810. The minimum absolute atomic E-state index is 0.671. The molecule has 0 heterocycles. The van der Waals surface area contributed by atoms with E-state index in [1.54, 1.807) is 12.1 Å². The first-order valence-corrected chi connectivity index (χ1v) is 5.13. The second-order valence-corrected chi connectivity index (χ2v) is 3.43. The molecular weight excluding hydrogens is 190 g/mol. The lowest BCUT2D eigenvalue weighted by Crippen LogP contribution is -2.23. The molecule has 0 radical (unpaired) electrons. The molecule has 0 aliphatic heterocycles. The van der Waals surface area contributed by atoms with Crippen molar-refractivity contribution in [1.29, 1.82) is 0 Å². The van der Waals surface area contributed by atoms with Gasteiger partial charge in [-0.1, -0.05) is 6.92 Å². The lowest BCUT2D eigenvalue weighted by atomic mass is 10.2. The minimum Gasteiger partial charge on any atom is -0.492 e. The van der Waals surface area contributed by atoms with E-state index in [2.05, 4.69) is 18.9 Å². The average molecular weight is 207 g/mol. The van der Waals surface area contributed by atoms with Gasteiger partial charge in [-0.3, -0.25) is 4.79 Å². The summed E-state index contributed by atoms with van der Waals surface area (Å²) in [7, 11) is 2.05. The predicted molar refractivity (Wildman–Crippen MR) is 60.5 cm³/mol. The standard InChI is InChI=1S/C12H17NO2/c1-3-13(2)8-9-15-12-6-4-11(10-14)5-7-12/h4-7,10H,3,8-9H2,1-2H3. The van der Waals surface area contributed by atoms with Gasteiger partial charge in [0.1, 0.15) is 18.6 Å². The van der Waals surface area contributed by atoms with E-state index < -0.39 is 0 Å². The first-order chi connectivity index (χ1) is 7.26. The Balaban J connectivity index is 2.34. The minimum atomic E-state index is 0.671. The molecule has 0 spiro atoms. The summed E-state index contributed by atoms with van der Waals surface area (Å²) in [6.45, 7) is 4.71. The van der Waals surface area contributed by atoms with Crippen LogP contribution in [0.25, 0.3) is 0 Å². The number of nitrogens with zero attached hydrogens (tertiary/aromatic N) is 1. The van der Waals surface area contributed by atoms with Crippen molar-refractivity contribution in [2.24, 2.45) is 0 Å². The molecule has 15 heavy (non-hydrogen) atoms. The van der Waals surface area contributed by atoms with Crippen LogP contribution in [0.5, 0.6) is 5.75 Å². The smallest absolute Gasteiger partial charge is 0.150 e. The van der Waals surface area contributed by atoms with Crippen molar-refractivity contribution in [3.63, 3.8) is 0 Å². The summed E-state index contributed by atoms with van der Waals surface area (Å²) >= 11 is 0. The molecule has 82 valence electrons. The van der Waals surface area contributed by atoms with Crippen LogP contribution < -0.4 is 4.74 Å². The molecule has 0 unspecified atom stereocenters. The molecule has 1 aromatic carbocycles. The van der Waals surface area contributed by atoms with E-state index >= 15 is 0 Å². The second kappa shape index (κ2) is 6.19. The van der Waals surface area contributed by atoms with Crippen LogP contribution in [0.2, 0.25) is 0 Å². The Labute approximate surface area is 90.7 Å². The number of hydrogen-bond donors (Lipinski definition) is 0. The first kappa shape index (κ1) is 11.7. The van der Waals surface area contributed by atoms with Gasteiger partial charge in [0, 0.05) is 12.1 Å². The fourth-order valence-corrected chi connectivity index (χ4v) is 1.12. The molecule has 0 fully saturated rings. The lowest BCUT2D eigenvalue weighted by molar-refractivity contribution is 0.112. The molecule has 1 rings (SSSR count). The summed E-state index contributed by atoms with van der Waals surface area (Å²) in [6.07, 6.45) is 0.828. The van der Waals surface area contributed by atoms with E-state index in [1.165, 1.54) is 0 Å². The molecule has 0 N–H and O–H groups in total. The highest BCUT2D eigenvalue weighted by Gasteiger charge is 1.96. The van der Waals surface area contributed by atoms with Gasteiger partial charge in [0.2, 0.25) is 0 Å². The van der Waals surface area contributed by atoms with Gasteiger partial charge >= 0.3 is 0 Å². The summed E-state index contributed by atoms with van der Waals surface area (Å²) in [5, 5.41) is 0. The largest absolute Gasteiger partial charge is 0.492 e. The molecule has 0 amide bonds. The van der Waals surface area contributed by atoms with Crippen LogP contribution in [0.3, 0.4) is 0 Å². The maximum atomic E-state index is 10.4. The van der Waals surface area contributed by atoms with E-state index in [1.807, 2.05) is 12.1 Å². The van der Waals surface area contributed by atoms with Crippen LogP contribution in [-0.2, 0) is 0 Å². The molecule has 0 saturated heterocycles. The number of likely N-dealkylation sites (N-methyl/N-ethyl adjacent to an activating group) is 1. The third-order valence-electron chi connectivity index (χ3n) is 2.30. The van der Waals surface area contributed by atoms with Crippen molar-refractivity contribution in [2.75, 3.05) is 26.7 Å². The number of rotatable bonds is 6. The van der Waals surface area contributed by atoms with E-state index in [0.29, 0.717) is 12.2 Å². The maximum absolute atomic E-state index is 10.4. The van der Waals surface area contributed by atoms with E-state index in [4.69, 9.17) is 4.74 Å². The Morgan fingerprint density at radius 1 is 1.33 bits per heavy atom. The zero-order chi connectivity index (χ0) is 11.1. The van der Waals surface area contributed by atoms with Gasteiger partial charge in [0.25, 0.3) is 0 Å². The van der Waals surface area contributed by atoms with Crippen molar-refractivity contribution in [3.8, 4) is 5.75 Å². The van der Waals surface area contributed by atoms with E-state index in [-0.39, 0.29) is 0 Å². The molecule has 1 aromatic rings. The molecular formula is C12H17NO2. The van der Waals surface area contributed by atoms with Crippen LogP contribution in [0, 0.1) is 0 Å². The van der Waals surface area contributed by atoms with Crippen LogP contribution >= 0.6 is 0 Å². The second-order valence-electron chi connectivity index (χ2n) is 3.43. The van der Waals surface area contributed by atoms with Crippen LogP contribution in [0.15, 0.2) is 24.3 Å². The van der Waals surface area contributed by atoms with Crippen LogP contribution in [0.4, 0.5) is 0 Å². The van der Waals surface area contributed by atoms with Gasteiger partial charge in [-0.25, -0.2) is 0 Å². The van der Waals surface area contributed by atoms with Gasteiger partial charge in [0.15, 0.2) is 0 Å². The molecule has 0 bridgehead atoms. The third-order valence-corrected chi connectivity index (χ3v) is 2.30. The number of benzene rings is 1. The number of ether oxygens (including phenoxy) is 1. The Morgan fingerprint density at radius 3 is 2.53 bits per heavy atom. The molecule has 3 nitrogen and oxygen atoms in total. The van der Waals surface area contributed by atoms with Gasteiger partial charge < -0.3 is 9.64 Å². The fourth-order valence-electron chi connectivity index (χ4n) is 1.12. The molecule has 0 aliphatic carbocycles. The van der Waals surface area contributed by atoms with Crippen LogP contribution in [0.1, 0.15) is 17.3 Å². The normalized spacial score (nSPS) is 10.3. The monoisotopic (exact) mass is 207 g/mol.